The van der Waals surface area contributed by atoms with Crippen molar-refractivity contribution in [2.24, 2.45) is 0 Å². The van der Waals surface area contributed by atoms with Crippen LogP contribution in [-0.4, -0.2) is 21.6 Å². The molecule has 37 heavy (non-hydrogen) atoms. The molecule has 0 aliphatic heterocycles. The third-order valence-electron chi connectivity index (χ3n) is 6.12. The van der Waals surface area contributed by atoms with Crippen molar-refractivity contribution in [2.45, 2.75) is 6.54 Å². The molecule has 1 heterocycles. The van der Waals surface area contributed by atoms with Crippen molar-refractivity contribution in [3.8, 4) is 17.2 Å². The van der Waals surface area contributed by atoms with E-state index in [1.54, 1.807) is 59.2 Å². The second kappa shape index (κ2) is 10.0. The summed E-state index contributed by atoms with van der Waals surface area (Å²) in [5.41, 5.74) is 4.30. The molecule has 5 rings (SSSR count). The molecule has 180 valence electrons. The molecular weight excluding hydrogens is 486 g/mol. The molecule has 0 fully saturated rings. The van der Waals surface area contributed by atoms with Crippen molar-refractivity contribution >= 4 is 40.1 Å². The van der Waals surface area contributed by atoms with Gasteiger partial charge >= 0.3 is 5.97 Å². The zero-order valence-corrected chi connectivity index (χ0v) is 20.2. The zero-order chi connectivity index (χ0) is 25.9. The lowest BCUT2D eigenvalue weighted by molar-refractivity contribution is 0.0687. The Kier molecular flexibility index (Phi) is 6.46. The Morgan fingerprint density at radius 2 is 1.62 bits per heavy atom. The van der Waals surface area contributed by atoms with Gasteiger partial charge in [0.2, 0.25) is 0 Å². The summed E-state index contributed by atoms with van der Waals surface area (Å²) in [5.74, 6) is -1.57. The van der Waals surface area contributed by atoms with Crippen molar-refractivity contribution in [1.82, 2.24) is 4.57 Å². The Morgan fingerprint density at radius 1 is 0.892 bits per heavy atom. The molecule has 0 bridgehead atoms. The highest BCUT2D eigenvalue weighted by atomic mass is 35.5. The van der Waals surface area contributed by atoms with Crippen molar-refractivity contribution in [3.63, 3.8) is 0 Å². The normalized spacial score (nSPS) is 10.7. The number of rotatable bonds is 6. The number of hydrogen-bond acceptors (Lipinski definition) is 3. The number of hydrogen-bond donors (Lipinski definition) is 2. The van der Waals surface area contributed by atoms with Gasteiger partial charge in [0, 0.05) is 22.5 Å². The van der Waals surface area contributed by atoms with Crippen LogP contribution in [0.4, 0.5) is 5.69 Å². The summed E-state index contributed by atoms with van der Waals surface area (Å²) in [5, 5.41) is 23.4. The Balaban J connectivity index is 1.70. The third-order valence-corrected chi connectivity index (χ3v) is 6.35. The first-order valence-electron chi connectivity index (χ1n) is 11.5. The fraction of sp³-hybridized carbons (Fsp3) is 0.0333. The molecule has 1 aromatic heterocycles. The van der Waals surface area contributed by atoms with Crippen LogP contribution in [-0.2, 0) is 6.54 Å². The highest BCUT2D eigenvalue weighted by molar-refractivity contribution is 6.30. The van der Waals surface area contributed by atoms with Gasteiger partial charge in [-0.15, -0.1) is 0 Å². The number of fused-ring (bicyclic) bond motifs is 1. The molecule has 0 atom stereocenters. The molecule has 4 aromatic carbocycles. The van der Waals surface area contributed by atoms with E-state index >= 15 is 0 Å². The number of carbonyl (C=O) groups excluding carboxylic acids is 1. The SMILES string of the molecule is N#Cc1ccc(-c2ccc3c(c2)c(NC(=O)c2ccccc2)c(C(=O)O)n3Cc2cccc(Cl)c2)cc1. The van der Waals surface area contributed by atoms with Gasteiger partial charge in [0.05, 0.1) is 22.8 Å². The van der Waals surface area contributed by atoms with Gasteiger partial charge in [-0.1, -0.05) is 60.1 Å². The van der Waals surface area contributed by atoms with E-state index in [1.165, 1.54) is 0 Å². The first kappa shape index (κ1) is 23.9. The summed E-state index contributed by atoms with van der Waals surface area (Å²) in [6, 6.07) is 30.7. The maximum Gasteiger partial charge on any atom is 0.354 e. The standard InChI is InChI=1S/C30H20ClN3O3/c31-24-8-4-5-20(15-24)18-34-26-14-13-23(21-11-9-19(17-32)10-12-21)16-25(26)27(28(34)30(36)37)33-29(35)22-6-2-1-3-7-22/h1-16H,18H2,(H,33,35)(H,36,37). The van der Waals surface area contributed by atoms with Gasteiger partial charge in [0.25, 0.3) is 5.91 Å². The largest absolute Gasteiger partial charge is 0.477 e. The molecule has 0 saturated heterocycles. The highest BCUT2D eigenvalue weighted by Crippen LogP contribution is 2.36. The number of aromatic carboxylic acids is 1. The minimum absolute atomic E-state index is 0.0313. The van der Waals surface area contributed by atoms with Gasteiger partial charge in [-0.05, 0) is 65.2 Å². The molecular formula is C30H20ClN3O3. The van der Waals surface area contributed by atoms with Crippen molar-refractivity contribution in [1.29, 1.82) is 5.26 Å². The monoisotopic (exact) mass is 505 g/mol. The average molecular weight is 506 g/mol. The summed E-state index contributed by atoms with van der Waals surface area (Å²) < 4.78 is 1.67. The van der Waals surface area contributed by atoms with Gasteiger partial charge in [-0.3, -0.25) is 4.79 Å². The number of benzene rings is 4. The van der Waals surface area contributed by atoms with E-state index in [0.29, 0.717) is 27.1 Å². The Hall–Kier alpha value is -4.86. The second-order valence-corrected chi connectivity index (χ2v) is 8.92. The van der Waals surface area contributed by atoms with E-state index in [-0.39, 0.29) is 17.9 Å². The lowest BCUT2D eigenvalue weighted by Crippen LogP contribution is -2.16. The molecule has 1 amide bonds. The zero-order valence-electron chi connectivity index (χ0n) is 19.5. The van der Waals surface area contributed by atoms with Gasteiger partial charge in [-0.25, -0.2) is 4.79 Å². The lowest BCUT2D eigenvalue weighted by atomic mass is 10.0. The third kappa shape index (κ3) is 4.81. The highest BCUT2D eigenvalue weighted by Gasteiger charge is 2.25. The van der Waals surface area contributed by atoms with Crippen LogP contribution in [0.25, 0.3) is 22.0 Å². The van der Waals surface area contributed by atoms with E-state index < -0.39 is 11.9 Å². The summed E-state index contributed by atoms with van der Waals surface area (Å²) >= 11 is 6.18. The van der Waals surface area contributed by atoms with E-state index in [2.05, 4.69) is 11.4 Å². The summed E-state index contributed by atoms with van der Waals surface area (Å²) in [6.45, 7) is 0.246. The van der Waals surface area contributed by atoms with Crippen LogP contribution >= 0.6 is 11.6 Å². The van der Waals surface area contributed by atoms with Gasteiger partial charge < -0.3 is 15.0 Å². The first-order valence-corrected chi connectivity index (χ1v) is 11.8. The van der Waals surface area contributed by atoms with Gasteiger partial charge in [0.15, 0.2) is 5.69 Å². The van der Waals surface area contributed by atoms with Crippen LogP contribution in [0.5, 0.6) is 0 Å². The summed E-state index contributed by atoms with van der Waals surface area (Å²) in [7, 11) is 0. The molecule has 0 saturated carbocycles. The number of halogens is 1. The molecule has 2 N–H and O–H groups in total. The van der Waals surface area contributed by atoms with Crippen molar-refractivity contribution in [2.75, 3.05) is 5.32 Å². The van der Waals surface area contributed by atoms with Crippen LogP contribution in [0.3, 0.4) is 0 Å². The van der Waals surface area contributed by atoms with E-state index in [4.69, 9.17) is 16.9 Å². The summed E-state index contributed by atoms with van der Waals surface area (Å²) in [4.78, 5) is 25.7. The first-order chi connectivity index (χ1) is 17.9. The Labute approximate surface area is 218 Å². The molecule has 0 aliphatic rings. The maximum absolute atomic E-state index is 13.1. The van der Waals surface area contributed by atoms with Gasteiger partial charge in [-0.2, -0.15) is 5.26 Å². The predicted octanol–water partition coefficient (Wildman–Crippen LogP) is 6.83. The van der Waals surface area contributed by atoms with E-state index in [0.717, 1.165) is 16.7 Å². The Morgan fingerprint density at radius 3 is 2.30 bits per heavy atom. The maximum atomic E-state index is 13.1. The molecule has 0 radical (unpaired) electrons. The van der Waals surface area contributed by atoms with Crippen molar-refractivity contribution < 1.29 is 14.7 Å². The molecule has 0 spiro atoms. The smallest absolute Gasteiger partial charge is 0.354 e. The van der Waals surface area contributed by atoms with Crippen molar-refractivity contribution in [3.05, 3.63) is 124 Å². The average Bonchev–Trinajstić information content (AvgIpc) is 3.21. The number of nitriles is 1. The minimum atomic E-state index is -1.17. The fourth-order valence-corrected chi connectivity index (χ4v) is 4.59. The molecule has 7 heteroatoms. The number of carboxylic acids is 1. The number of aromatic nitrogens is 1. The lowest BCUT2D eigenvalue weighted by Gasteiger charge is -2.10. The van der Waals surface area contributed by atoms with Crippen LogP contribution < -0.4 is 5.32 Å². The van der Waals surface area contributed by atoms with Gasteiger partial charge in [0.1, 0.15) is 0 Å². The second-order valence-electron chi connectivity index (χ2n) is 8.49. The molecule has 5 aromatic rings. The van der Waals surface area contributed by atoms with E-state index in [1.807, 2.05) is 42.5 Å². The van der Waals surface area contributed by atoms with Crippen LogP contribution in [0.15, 0.2) is 97.1 Å². The summed E-state index contributed by atoms with van der Waals surface area (Å²) in [6.07, 6.45) is 0. The number of amides is 1. The molecule has 0 unspecified atom stereocenters. The van der Waals surface area contributed by atoms with Crippen LogP contribution in [0.2, 0.25) is 5.02 Å². The van der Waals surface area contributed by atoms with Crippen LogP contribution in [0.1, 0.15) is 32.0 Å². The predicted molar refractivity (Wildman–Crippen MR) is 144 cm³/mol. The number of carboxylic acid groups (broad SMARTS) is 1. The Bertz CT molecular complexity index is 1680. The molecule has 6 nitrogen and oxygen atoms in total. The topological polar surface area (TPSA) is 95.1 Å². The van der Waals surface area contributed by atoms with E-state index in [9.17, 15) is 14.7 Å². The number of carbonyl (C=O) groups is 2. The number of anilines is 1. The minimum Gasteiger partial charge on any atom is -0.477 e. The molecule has 0 aliphatic carbocycles. The fourth-order valence-electron chi connectivity index (χ4n) is 4.38. The van der Waals surface area contributed by atoms with Crippen LogP contribution in [0, 0.1) is 11.3 Å². The number of nitrogens with zero attached hydrogens (tertiary/aromatic N) is 2. The number of nitrogens with one attached hydrogen (secondary N) is 1. The quantitative estimate of drug-likeness (QED) is 0.264.